The quantitative estimate of drug-likeness (QED) is 0.846. The predicted octanol–water partition coefficient (Wildman–Crippen LogP) is 4.01. The molecule has 0 radical (unpaired) electrons. The molecule has 1 unspecified atom stereocenters. The number of carbonyl (C=O) groups excluding carboxylic acids is 2. The van der Waals surface area contributed by atoms with Gasteiger partial charge in [0.1, 0.15) is 5.78 Å². The molecule has 0 aliphatic carbocycles. The first kappa shape index (κ1) is 16.0. The van der Waals surface area contributed by atoms with Crippen LogP contribution in [0.15, 0.2) is 18.2 Å². The minimum absolute atomic E-state index is 0.00579. The number of aryl methyl sites for hydroxylation is 1. The lowest BCUT2D eigenvalue weighted by Crippen LogP contribution is -2.41. The largest absolute Gasteiger partial charge is 0.335 e. The predicted molar refractivity (Wildman–Crippen MR) is 84.8 cm³/mol. The van der Waals surface area contributed by atoms with Gasteiger partial charge in [0.2, 0.25) is 0 Å². The third-order valence-electron chi connectivity index (χ3n) is 3.95. The van der Waals surface area contributed by atoms with Crippen LogP contribution in [0.1, 0.15) is 54.9 Å². The molecule has 0 N–H and O–H groups in total. The third-order valence-corrected chi connectivity index (χ3v) is 4.17. The summed E-state index contributed by atoms with van der Waals surface area (Å²) in [5.41, 5.74) is 1.60. The van der Waals surface area contributed by atoms with Crippen LogP contribution in [-0.4, -0.2) is 29.2 Å². The van der Waals surface area contributed by atoms with Gasteiger partial charge in [-0.1, -0.05) is 24.4 Å². The van der Waals surface area contributed by atoms with Gasteiger partial charge in [0.15, 0.2) is 0 Å². The van der Waals surface area contributed by atoms with Crippen LogP contribution in [0.2, 0.25) is 5.02 Å². The van der Waals surface area contributed by atoms with E-state index in [9.17, 15) is 9.59 Å². The number of halogens is 1. The molecule has 1 saturated heterocycles. The van der Waals surface area contributed by atoms with Gasteiger partial charge in [-0.25, -0.2) is 0 Å². The van der Waals surface area contributed by atoms with Gasteiger partial charge in [0.05, 0.1) is 0 Å². The fraction of sp³-hybridized carbons (Fsp3) is 0.529. The molecule has 1 atom stereocenters. The molecule has 1 aromatic rings. The summed E-state index contributed by atoms with van der Waals surface area (Å²) < 4.78 is 0. The maximum absolute atomic E-state index is 12.8. The Morgan fingerprint density at radius 3 is 2.67 bits per heavy atom. The van der Waals surface area contributed by atoms with E-state index in [1.807, 2.05) is 24.0 Å². The lowest BCUT2D eigenvalue weighted by Gasteiger charge is -2.29. The highest BCUT2D eigenvalue weighted by molar-refractivity contribution is 6.31. The molecular formula is C17H22ClNO2. The van der Waals surface area contributed by atoms with Gasteiger partial charge in [-0.05, 0) is 50.5 Å². The van der Waals surface area contributed by atoms with Gasteiger partial charge in [0.25, 0.3) is 5.91 Å². The van der Waals surface area contributed by atoms with E-state index in [0.717, 1.165) is 37.8 Å². The minimum Gasteiger partial charge on any atom is -0.335 e. The molecule has 0 aromatic heterocycles. The number of benzene rings is 1. The summed E-state index contributed by atoms with van der Waals surface area (Å²) in [7, 11) is 0. The molecule has 1 fully saturated rings. The van der Waals surface area contributed by atoms with E-state index >= 15 is 0 Å². The molecule has 0 bridgehead atoms. The third kappa shape index (κ3) is 4.31. The van der Waals surface area contributed by atoms with Gasteiger partial charge < -0.3 is 4.90 Å². The van der Waals surface area contributed by atoms with Gasteiger partial charge in [0, 0.05) is 29.6 Å². The Bertz CT molecular complexity index is 521. The average molecular weight is 308 g/mol. The van der Waals surface area contributed by atoms with Gasteiger partial charge >= 0.3 is 0 Å². The molecular weight excluding hydrogens is 286 g/mol. The van der Waals surface area contributed by atoms with Crippen molar-refractivity contribution in [2.24, 2.45) is 0 Å². The Kier molecular flexibility index (Phi) is 5.40. The molecule has 3 nitrogen and oxygen atoms in total. The van der Waals surface area contributed by atoms with Crippen molar-refractivity contribution in [3.63, 3.8) is 0 Å². The normalized spacial score (nSPS) is 19.2. The Hall–Kier alpha value is -1.35. The Morgan fingerprint density at radius 2 is 2.00 bits per heavy atom. The minimum atomic E-state index is -0.00579. The molecule has 0 spiro atoms. The molecule has 1 heterocycles. The summed E-state index contributed by atoms with van der Waals surface area (Å²) in [5.74, 6) is 0.135. The standard InChI is InChI=1S/C17H22ClNO2/c1-12-8-14(11-15(18)9-12)17(21)19-7-5-3-4-6-16(19)10-13(2)20/h8-9,11,16H,3-7,10H2,1-2H3. The number of hydrogen-bond donors (Lipinski definition) is 0. The highest BCUT2D eigenvalue weighted by Gasteiger charge is 2.27. The van der Waals surface area contributed by atoms with Crippen molar-refractivity contribution in [3.8, 4) is 0 Å². The number of ketones is 1. The molecule has 1 aliphatic heterocycles. The van der Waals surface area contributed by atoms with Crippen molar-refractivity contribution in [3.05, 3.63) is 34.3 Å². The van der Waals surface area contributed by atoms with Gasteiger partial charge in [-0.3, -0.25) is 9.59 Å². The van der Waals surface area contributed by atoms with E-state index in [-0.39, 0.29) is 17.7 Å². The fourth-order valence-electron chi connectivity index (χ4n) is 3.01. The Morgan fingerprint density at radius 1 is 1.24 bits per heavy atom. The molecule has 1 aliphatic rings. The lowest BCUT2D eigenvalue weighted by atomic mass is 10.0. The SMILES string of the molecule is CC(=O)CC1CCCCCN1C(=O)c1cc(C)cc(Cl)c1. The number of amides is 1. The van der Waals surface area contributed by atoms with Crippen molar-refractivity contribution in [2.45, 2.75) is 52.0 Å². The smallest absolute Gasteiger partial charge is 0.254 e. The van der Waals surface area contributed by atoms with Gasteiger partial charge in [-0.15, -0.1) is 0 Å². The fourth-order valence-corrected chi connectivity index (χ4v) is 3.30. The molecule has 114 valence electrons. The van der Waals surface area contributed by atoms with Crippen LogP contribution in [0, 0.1) is 6.92 Å². The van der Waals surface area contributed by atoms with Crippen molar-refractivity contribution >= 4 is 23.3 Å². The second kappa shape index (κ2) is 7.08. The van der Waals surface area contributed by atoms with Crippen molar-refractivity contribution in [2.75, 3.05) is 6.54 Å². The Labute approximate surface area is 131 Å². The van der Waals surface area contributed by atoms with Crippen LogP contribution in [0.3, 0.4) is 0 Å². The van der Waals surface area contributed by atoms with E-state index in [1.54, 1.807) is 13.0 Å². The van der Waals surface area contributed by atoms with E-state index in [1.165, 1.54) is 0 Å². The van der Waals surface area contributed by atoms with E-state index in [4.69, 9.17) is 11.6 Å². The zero-order chi connectivity index (χ0) is 15.4. The highest BCUT2D eigenvalue weighted by Crippen LogP contribution is 2.23. The van der Waals surface area contributed by atoms with Crippen LogP contribution in [0.25, 0.3) is 0 Å². The first-order valence-corrected chi connectivity index (χ1v) is 7.93. The van der Waals surface area contributed by atoms with Crippen molar-refractivity contribution in [1.82, 2.24) is 4.90 Å². The van der Waals surface area contributed by atoms with Crippen molar-refractivity contribution < 1.29 is 9.59 Å². The number of nitrogens with zero attached hydrogens (tertiary/aromatic N) is 1. The average Bonchev–Trinajstić information content (AvgIpc) is 2.61. The topological polar surface area (TPSA) is 37.4 Å². The number of rotatable bonds is 3. The molecule has 2 rings (SSSR count). The van der Waals surface area contributed by atoms with Crippen LogP contribution in [0.5, 0.6) is 0 Å². The molecule has 1 amide bonds. The monoisotopic (exact) mass is 307 g/mol. The number of Topliss-reactive ketones (excluding diaryl/α,β-unsaturated/α-hetero) is 1. The highest BCUT2D eigenvalue weighted by atomic mass is 35.5. The second-order valence-corrected chi connectivity index (χ2v) is 6.36. The number of likely N-dealkylation sites (tertiary alicyclic amines) is 1. The van der Waals surface area contributed by atoms with E-state index in [2.05, 4.69) is 0 Å². The van der Waals surface area contributed by atoms with E-state index < -0.39 is 0 Å². The lowest BCUT2D eigenvalue weighted by molar-refractivity contribution is -0.118. The van der Waals surface area contributed by atoms with Crippen molar-refractivity contribution in [1.29, 1.82) is 0 Å². The first-order valence-electron chi connectivity index (χ1n) is 7.55. The second-order valence-electron chi connectivity index (χ2n) is 5.93. The van der Waals surface area contributed by atoms with Crippen LogP contribution in [0.4, 0.5) is 0 Å². The maximum Gasteiger partial charge on any atom is 0.254 e. The van der Waals surface area contributed by atoms with E-state index in [0.29, 0.717) is 17.0 Å². The van der Waals surface area contributed by atoms with Crippen LogP contribution in [-0.2, 0) is 4.79 Å². The summed E-state index contributed by atoms with van der Waals surface area (Å²) >= 11 is 6.06. The molecule has 21 heavy (non-hydrogen) atoms. The molecule has 1 aromatic carbocycles. The Balaban J connectivity index is 2.26. The summed E-state index contributed by atoms with van der Waals surface area (Å²) in [6.45, 7) is 4.25. The number of carbonyl (C=O) groups is 2. The molecule has 0 saturated carbocycles. The van der Waals surface area contributed by atoms with Crippen LogP contribution < -0.4 is 0 Å². The zero-order valence-electron chi connectivity index (χ0n) is 12.7. The summed E-state index contributed by atoms with van der Waals surface area (Å²) in [4.78, 5) is 26.2. The maximum atomic E-state index is 12.8. The van der Waals surface area contributed by atoms with Gasteiger partial charge in [-0.2, -0.15) is 0 Å². The molecule has 4 heteroatoms. The van der Waals surface area contributed by atoms with Crippen LogP contribution >= 0.6 is 11.6 Å². The zero-order valence-corrected chi connectivity index (χ0v) is 13.4. The summed E-state index contributed by atoms with van der Waals surface area (Å²) in [5, 5.41) is 0.580. The first-order chi connectivity index (χ1) is 9.97. The summed E-state index contributed by atoms with van der Waals surface area (Å²) in [6, 6.07) is 5.45. The number of hydrogen-bond acceptors (Lipinski definition) is 2. The summed E-state index contributed by atoms with van der Waals surface area (Å²) in [6.07, 6.45) is 4.55.